The van der Waals surface area contributed by atoms with Gasteiger partial charge in [0.15, 0.2) is 5.54 Å². The maximum absolute atomic E-state index is 11.6. The first-order valence-electron chi connectivity index (χ1n) is 6.23. The molecular weight excluding hydrogens is 216 g/mol. The lowest BCUT2D eigenvalue weighted by molar-refractivity contribution is -0.148. The SMILES string of the molecule is CCc1c(C)nn(C(CC)(CC)C(=O)O)c1C. The highest BCUT2D eigenvalue weighted by molar-refractivity contribution is 5.76. The minimum atomic E-state index is -0.901. The maximum Gasteiger partial charge on any atom is 0.331 e. The largest absolute Gasteiger partial charge is 0.479 e. The summed E-state index contributed by atoms with van der Waals surface area (Å²) in [6, 6.07) is 0. The summed E-state index contributed by atoms with van der Waals surface area (Å²) in [4.78, 5) is 11.6. The molecule has 0 saturated heterocycles. The molecule has 4 heteroatoms. The molecule has 0 radical (unpaired) electrons. The minimum Gasteiger partial charge on any atom is -0.479 e. The summed E-state index contributed by atoms with van der Waals surface area (Å²) in [6.07, 6.45) is 1.98. The highest BCUT2D eigenvalue weighted by Crippen LogP contribution is 2.29. The van der Waals surface area contributed by atoms with Gasteiger partial charge < -0.3 is 5.11 Å². The van der Waals surface area contributed by atoms with E-state index in [1.807, 2.05) is 27.7 Å². The van der Waals surface area contributed by atoms with Crippen molar-refractivity contribution >= 4 is 5.97 Å². The van der Waals surface area contributed by atoms with Gasteiger partial charge in [-0.25, -0.2) is 4.79 Å². The fourth-order valence-corrected chi connectivity index (χ4v) is 2.55. The lowest BCUT2D eigenvalue weighted by atomic mass is 9.92. The molecule has 0 fully saturated rings. The van der Waals surface area contributed by atoms with Crippen molar-refractivity contribution < 1.29 is 9.90 Å². The third-order valence-electron chi connectivity index (χ3n) is 3.77. The molecule has 1 aromatic heterocycles. The Labute approximate surface area is 103 Å². The predicted octanol–water partition coefficient (Wildman–Crippen LogP) is 2.66. The van der Waals surface area contributed by atoms with Crippen LogP contribution in [0.2, 0.25) is 0 Å². The van der Waals surface area contributed by atoms with Gasteiger partial charge in [0.05, 0.1) is 5.69 Å². The van der Waals surface area contributed by atoms with Gasteiger partial charge in [0, 0.05) is 5.69 Å². The molecule has 0 aliphatic rings. The van der Waals surface area contributed by atoms with Crippen molar-refractivity contribution in [3.05, 3.63) is 17.0 Å². The summed E-state index contributed by atoms with van der Waals surface area (Å²) >= 11 is 0. The van der Waals surface area contributed by atoms with Crippen LogP contribution in [0.1, 0.15) is 50.6 Å². The van der Waals surface area contributed by atoms with Crippen LogP contribution in [0.4, 0.5) is 0 Å². The van der Waals surface area contributed by atoms with E-state index in [1.165, 1.54) is 0 Å². The van der Waals surface area contributed by atoms with Crippen LogP contribution in [-0.2, 0) is 16.8 Å². The lowest BCUT2D eigenvalue weighted by Crippen LogP contribution is -2.42. The summed E-state index contributed by atoms with van der Waals surface area (Å²) in [6.45, 7) is 9.78. The van der Waals surface area contributed by atoms with Crippen LogP contribution in [-0.4, -0.2) is 20.9 Å². The van der Waals surface area contributed by atoms with Gasteiger partial charge in [0.2, 0.25) is 0 Å². The molecule has 0 aromatic carbocycles. The van der Waals surface area contributed by atoms with Crippen molar-refractivity contribution in [2.75, 3.05) is 0 Å². The minimum absolute atomic E-state index is 0.546. The Morgan fingerprint density at radius 3 is 2.12 bits per heavy atom. The first-order valence-corrected chi connectivity index (χ1v) is 6.23. The molecule has 17 heavy (non-hydrogen) atoms. The van der Waals surface area contributed by atoms with Crippen molar-refractivity contribution in [3.63, 3.8) is 0 Å². The van der Waals surface area contributed by atoms with Crippen LogP contribution in [0.3, 0.4) is 0 Å². The molecule has 0 bridgehead atoms. The molecule has 0 amide bonds. The Hall–Kier alpha value is -1.32. The van der Waals surface area contributed by atoms with Gasteiger partial charge in [0.25, 0.3) is 0 Å². The molecule has 1 heterocycles. The number of hydrogen-bond acceptors (Lipinski definition) is 2. The molecule has 0 atom stereocenters. The highest BCUT2D eigenvalue weighted by Gasteiger charge is 2.39. The number of aliphatic carboxylic acids is 1. The van der Waals surface area contributed by atoms with Crippen LogP contribution in [0.15, 0.2) is 0 Å². The smallest absolute Gasteiger partial charge is 0.331 e. The van der Waals surface area contributed by atoms with Crippen molar-refractivity contribution in [2.24, 2.45) is 0 Å². The third-order valence-corrected chi connectivity index (χ3v) is 3.77. The number of nitrogens with zero attached hydrogens (tertiary/aromatic N) is 2. The number of carboxylic acid groups (broad SMARTS) is 1. The molecular formula is C13H22N2O2. The second-order valence-electron chi connectivity index (χ2n) is 4.46. The van der Waals surface area contributed by atoms with E-state index in [2.05, 4.69) is 12.0 Å². The summed E-state index contributed by atoms with van der Waals surface area (Å²) in [5.41, 5.74) is 2.19. The molecule has 96 valence electrons. The Morgan fingerprint density at radius 1 is 1.29 bits per heavy atom. The van der Waals surface area contributed by atoms with Crippen LogP contribution in [0.25, 0.3) is 0 Å². The Morgan fingerprint density at radius 2 is 1.82 bits per heavy atom. The van der Waals surface area contributed by atoms with E-state index in [9.17, 15) is 9.90 Å². The lowest BCUT2D eigenvalue weighted by Gasteiger charge is -2.28. The normalized spacial score (nSPS) is 11.8. The van der Waals surface area contributed by atoms with Crippen molar-refractivity contribution in [2.45, 2.75) is 59.4 Å². The average Bonchev–Trinajstić information content (AvgIpc) is 2.57. The van der Waals surface area contributed by atoms with Crippen LogP contribution >= 0.6 is 0 Å². The summed E-state index contributed by atoms with van der Waals surface area (Å²) in [7, 11) is 0. The van der Waals surface area contributed by atoms with E-state index in [-0.39, 0.29) is 0 Å². The van der Waals surface area contributed by atoms with Gasteiger partial charge in [-0.15, -0.1) is 0 Å². The van der Waals surface area contributed by atoms with Crippen molar-refractivity contribution in [3.8, 4) is 0 Å². The number of carbonyl (C=O) groups is 1. The topological polar surface area (TPSA) is 55.1 Å². The van der Waals surface area contributed by atoms with Crippen LogP contribution < -0.4 is 0 Å². The number of carboxylic acids is 1. The molecule has 0 spiro atoms. The number of hydrogen-bond donors (Lipinski definition) is 1. The van der Waals surface area contributed by atoms with Crippen molar-refractivity contribution in [1.29, 1.82) is 0 Å². The number of rotatable bonds is 5. The molecule has 1 N–H and O–H groups in total. The molecule has 0 aliphatic carbocycles. The van der Waals surface area contributed by atoms with Crippen molar-refractivity contribution in [1.82, 2.24) is 9.78 Å². The van der Waals surface area contributed by atoms with Crippen LogP contribution in [0.5, 0.6) is 0 Å². The predicted molar refractivity (Wildman–Crippen MR) is 67.3 cm³/mol. The fourth-order valence-electron chi connectivity index (χ4n) is 2.55. The molecule has 0 saturated carbocycles. The zero-order chi connectivity index (χ0) is 13.2. The Balaban J connectivity index is 3.44. The molecule has 1 rings (SSSR count). The van der Waals surface area contributed by atoms with Gasteiger partial charge in [-0.1, -0.05) is 20.8 Å². The fraction of sp³-hybridized carbons (Fsp3) is 0.692. The average molecular weight is 238 g/mol. The number of aromatic nitrogens is 2. The van der Waals surface area contributed by atoms with Gasteiger partial charge >= 0.3 is 5.97 Å². The zero-order valence-electron chi connectivity index (χ0n) is 11.4. The van der Waals surface area contributed by atoms with E-state index in [1.54, 1.807) is 4.68 Å². The van der Waals surface area contributed by atoms with E-state index in [0.717, 1.165) is 23.4 Å². The summed E-state index contributed by atoms with van der Waals surface area (Å²) in [5.74, 6) is -0.796. The Kier molecular flexibility index (Phi) is 3.96. The van der Waals surface area contributed by atoms with E-state index < -0.39 is 11.5 Å². The molecule has 1 aromatic rings. The highest BCUT2D eigenvalue weighted by atomic mass is 16.4. The summed E-state index contributed by atoms with van der Waals surface area (Å²) in [5, 5.41) is 14.0. The maximum atomic E-state index is 11.6. The molecule has 4 nitrogen and oxygen atoms in total. The van der Waals surface area contributed by atoms with Gasteiger partial charge in [-0.05, 0) is 38.7 Å². The first-order chi connectivity index (χ1) is 7.94. The third kappa shape index (κ3) is 1.96. The summed E-state index contributed by atoms with van der Waals surface area (Å²) < 4.78 is 1.71. The molecule has 0 unspecified atom stereocenters. The first kappa shape index (κ1) is 13.7. The van der Waals surface area contributed by atoms with Gasteiger partial charge in [0.1, 0.15) is 0 Å². The van der Waals surface area contributed by atoms with Gasteiger partial charge in [-0.3, -0.25) is 4.68 Å². The quantitative estimate of drug-likeness (QED) is 0.858. The zero-order valence-corrected chi connectivity index (χ0v) is 11.4. The Bertz CT molecular complexity index is 417. The van der Waals surface area contributed by atoms with Crippen LogP contribution in [0, 0.1) is 13.8 Å². The van der Waals surface area contributed by atoms with E-state index in [4.69, 9.17) is 0 Å². The van der Waals surface area contributed by atoms with E-state index >= 15 is 0 Å². The second kappa shape index (κ2) is 4.90. The molecule has 0 aliphatic heterocycles. The monoisotopic (exact) mass is 238 g/mol. The standard InChI is InChI=1S/C13H22N2O2/c1-6-11-9(4)14-15(10(11)5)13(7-2,8-3)12(16)17/h6-8H2,1-5H3,(H,16,17). The van der Waals surface area contributed by atoms with E-state index in [0.29, 0.717) is 12.8 Å². The van der Waals surface area contributed by atoms with Gasteiger partial charge in [-0.2, -0.15) is 5.10 Å². The second-order valence-corrected chi connectivity index (χ2v) is 4.46. The number of aryl methyl sites for hydroxylation is 1.